The fraction of sp³-hybridized carbons (Fsp3) is 0.462. The molecule has 2 rings (SSSR count). The topological polar surface area (TPSA) is 44.4 Å². The molecule has 1 atom stereocenters. The van der Waals surface area contributed by atoms with Gasteiger partial charge in [-0.1, -0.05) is 22.0 Å². The van der Waals surface area contributed by atoms with Gasteiger partial charge in [-0.3, -0.25) is 4.79 Å². The molecule has 5 heteroatoms. The third kappa shape index (κ3) is 3.03. The normalized spacial score (nSPS) is 20.4. The Balaban J connectivity index is 2.28. The van der Waals surface area contributed by atoms with Gasteiger partial charge in [0.25, 0.3) is 0 Å². The Morgan fingerprint density at radius 2 is 2.39 bits per heavy atom. The van der Waals surface area contributed by atoms with Gasteiger partial charge in [-0.25, -0.2) is 0 Å². The average Bonchev–Trinajstić information content (AvgIpc) is 2.53. The van der Waals surface area contributed by atoms with Crippen molar-refractivity contribution in [3.05, 3.63) is 28.7 Å². The third-order valence-corrected chi connectivity index (χ3v) is 3.58. The first-order valence-corrected chi connectivity index (χ1v) is 6.96. The van der Waals surface area contributed by atoms with E-state index in [-0.39, 0.29) is 11.9 Å². The molecule has 0 radical (unpaired) electrons. The van der Waals surface area contributed by atoms with Crippen molar-refractivity contribution < 1.29 is 4.79 Å². The van der Waals surface area contributed by atoms with Crippen LogP contribution in [0.2, 0.25) is 0 Å². The first-order valence-electron chi connectivity index (χ1n) is 6.17. The molecule has 0 aromatic heterocycles. The number of anilines is 1. The van der Waals surface area contributed by atoms with Crippen LogP contribution in [0.4, 0.5) is 5.69 Å². The van der Waals surface area contributed by atoms with Gasteiger partial charge in [0.2, 0.25) is 5.91 Å². The maximum atomic E-state index is 12.1. The summed E-state index contributed by atoms with van der Waals surface area (Å²) in [6, 6.07) is 7.95. The molecule has 0 bridgehead atoms. The highest BCUT2D eigenvalue weighted by molar-refractivity contribution is 9.10. The van der Waals surface area contributed by atoms with Crippen molar-refractivity contribution >= 4 is 27.5 Å². The Morgan fingerprint density at radius 1 is 1.56 bits per heavy atom. The van der Waals surface area contributed by atoms with Crippen molar-refractivity contribution in [1.82, 2.24) is 10.6 Å². The molecule has 0 spiro atoms. The molecule has 4 nitrogen and oxygen atoms in total. The molecule has 1 amide bonds. The van der Waals surface area contributed by atoms with Crippen LogP contribution in [0.15, 0.2) is 28.7 Å². The number of carbonyl (C=O) groups is 1. The maximum Gasteiger partial charge on any atom is 0.244 e. The van der Waals surface area contributed by atoms with Crippen molar-refractivity contribution in [3.63, 3.8) is 0 Å². The molecule has 1 fully saturated rings. The van der Waals surface area contributed by atoms with Crippen molar-refractivity contribution in [2.45, 2.75) is 12.5 Å². The van der Waals surface area contributed by atoms with Gasteiger partial charge in [0.1, 0.15) is 6.04 Å². The SMILES string of the molecule is CNCC1C(=O)NCCCN1c1cccc(Br)c1. The number of amides is 1. The van der Waals surface area contributed by atoms with E-state index in [1.165, 1.54) is 0 Å². The Bertz CT molecular complexity index is 424. The summed E-state index contributed by atoms with van der Waals surface area (Å²) in [4.78, 5) is 14.2. The molecule has 1 aliphatic rings. The van der Waals surface area contributed by atoms with Gasteiger partial charge in [0.05, 0.1) is 0 Å². The Labute approximate surface area is 116 Å². The van der Waals surface area contributed by atoms with E-state index in [9.17, 15) is 4.79 Å². The number of nitrogens with zero attached hydrogens (tertiary/aromatic N) is 1. The summed E-state index contributed by atoms with van der Waals surface area (Å²) in [7, 11) is 1.87. The fourth-order valence-corrected chi connectivity index (χ4v) is 2.62. The minimum absolute atomic E-state index is 0.0989. The molecule has 1 aromatic rings. The van der Waals surface area contributed by atoms with Crippen molar-refractivity contribution in [3.8, 4) is 0 Å². The summed E-state index contributed by atoms with van der Waals surface area (Å²) < 4.78 is 1.04. The molecule has 0 aliphatic carbocycles. The molecule has 2 N–H and O–H groups in total. The molecular weight excluding hydrogens is 294 g/mol. The molecule has 1 saturated heterocycles. The monoisotopic (exact) mass is 311 g/mol. The number of carbonyl (C=O) groups excluding carboxylic acids is 1. The van der Waals surface area contributed by atoms with Gasteiger partial charge in [-0.05, 0) is 31.7 Å². The molecule has 1 unspecified atom stereocenters. The number of likely N-dealkylation sites (N-methyl/N-ethyl adjacent to an activating group) is 1. The number of nitrogens with one attached hydrogen (secondary N) is 2. The molecular formula is C13H18BrN3O. The summed E-state index contributed by atoms with van der Waals surface area (Å²) in [6.07, 6.45) is 0.971. The van der Waals surface area contributed by atoms with E-state index in [2.05, 4.69) is 37.5 Å². The van der Waals surface area contributed by atoms with E-state index in [0.29, 0.717) is 6.54 Å². The van der Waals surface area contributed by atoms with Gasteiger partial charge in [0, 0.05) is 29.8 Å². The first kappa shape index (κ1) is 13.4. The summed E-state index contributed by atoms with van der Waals surface area (Å²) in [5.41, 5.74) is 1.08. The van der Waals surface area contributed by atoms with E-state index >= 15 is 0 Å². The van der Waals surface area contributed by atoms with Crippen molar-refractivity contribution in [2.75, 3.05) is 31.6 Å². The van der Waals surface area contributed by atoms with Gasteiger partial charge in [-0.15, -0.1) is 0 Å². The van der Waals surface area contributed by atoms with E-state index in [1.54, 1.807) is 0 Å². The van der Waals surface area contributed by atoms with Gasteiger partial charge in [0.15, 0.2) is 0 Å². The lowest BCUT2D eigenvalue weighted by Crippen LogP contribution is -2.49. The van der Waals surface area contributed by atoms with Crippen LogP contribution in [-0.4, -0.2) is 38.6 Å². The molecule has 98 valence electrons. The molecule has 18 heavy (non-hydrogen) atoms. The number of halogens is 1. The van der Waals surface area contributed by atoms with Gasteiger partial charge in [-0.2, -0.15) is 0 Å². The van der Waals surface area contributed by atoms with E-state index < -0.39 is 0 Å². The second kappa shape index (κ2) is 6.20. The number of hydrogen-bond donors (Lipinski definition) is 2. The largest absolute Gasteiger partial charge is 0.358 e. The van der Waals surface area contributed by atoms with Crippen LogP contribution in [0.5, 0.6) is 0 Å². The molecule has 1 aliphatic heterocycles. The van der Waals surface area contributed by atoms with Crippen LogP contribution in [0.1, 0.15) is 6.42 Å². The zero-order valence-corrected chi connectivity index (χ0v) is 12.0. The highest BCUT2D eigenvalue weighted by atomic mass is 79.9. The Morgan fingerprint density at radius 3 is 3.11 bits per heavy atom. The Hall–Kier alpha value is -1.07. The smallest absolute Gasteiger partial charge is 0.244 e. The summed E-state index contributed by atoms with van der Waals surface area (Å²) >= 11 is 3.48. The van der Waals surface area contributed by atoms with Crippen LogP contribution in [-0.2, 0) is 4.79 Å². The number of hydrogen-bond acceptors (Lipinski definition) is 3. The predicted molar refractivity (Wildman–Crippen MR) is 76.8 cm³/mol. The maximum absolute atomic E-state index is 12.1. The van der Waals surface area contributed by atoms with E-state index in [0.717, 1.165) is 29.7 Å². The average molecular weight is 312 g/mol. The first-order chi connectivity index (χ1) is 8.72. The second-order valence-corrected chi connectivity index (χ2v) is 5.31. The van der Waals surface area contributed by atoms with Crippen LogP contribution in [0.25, 0.3) is 0 Å². The standard InChI is InChI=1S/C13H18BrN3O/c1-15-9-12-13(18)16-6-3-7-17(12)11-5-2-4-10(14)8-11/h2,4-5,8,12,15H,3,6-7,9H2,1H3,(H,16,18). The highest BCUT2D eigenvalue weighted by Gasteiger charge is 2.27. The number of rotatable bonds is 3. The lowest BCUT2D eigenvalue weighted by molar-refractivity contribution is -0.121. The molecule has 0 saturated carbocycles. The van der Waals surface area contributed by atoms with Crippen LogP contribution >= 0.6 is 15.9 Å². The minimum atomic E-state index is -0.146. The summed E-state index contributed by atoms with van der Waals surface area (Å²) in [5.74, 6) is 0.0989. The predicted octanol–water partition coefficient (Wildman–Crippen LogP) is 1.36. The molecule has 1 heterocycles. The lowest BCUT2D eigenvalue weighted by Gasteiger charge is -2.30. The third-order valence-electron chi connectivity index (χ3n) is 3.09. The zero-order valence-electron chi connectivity index (χ0n) is 10.4. The zero-order chi connectivity index (χ0) is 13.0. The van der Waals surface area contributed by atoms with E-state index in [4.69, 9.17) is 0 Å². The minimum Gasteiger partial charge on any atom is -0.358 e. The molecule has 1 aromatic carbocycles. The second-order valence-electron chi connectivity index (χ2n) is 4.39. The van der Waals surface area contributed by atoms with Crippen LogP contribution in [0, 0.1) is 0 Å². The van der Waals surface area contributed by atoms with E-state index in [1.807, 2.05) is 25.2 Å². The Kier molecular flexibility index (Phi) is 4.60. The quantitative estimate of drug-likeness (QED) is 0.886. The summed E-state index contributed by atoms with van der Waals surface area (Å²) in [5, 5.41) is 6.06. The van der Waals surface area contributed by atoms with Crippen LogP contribution in [0.3, 0.4) is 0 Å². The number of benzene rings is 1. The van der Waals surface area contributed by atoms with Crippen molar-refractivity contribution in [2.24, 2.45) is 0 Å². The van der Waals surface area contributed by atoms with Gasteiger partial charge < -0.3 is 15.5 Å². The summed E-state index contributed by atoms with van der Waals surface area (Å²) in [6.45, 7) is 2.30. The highest BCUT2D eigenvalue weighted by Crippen LogP contribution is 2.23. The fourth-order valence-electron chi connectivity index (χ4n) is 2.24. The lowest BCUT2D eigenvalue weighted by atomic mass is 10.2. The van der Waals surface area contributed by atoms with Crippen LogP contribution < -0.4 is 15.5 Å². The van der Waals surface area contributed by atoms with Crippen molar-refractivity contribution in [1.29, 1.82) is 0 Å². The van der Waals surface area contributed by atoms with Gasteiger partial charge >= 0.3 is 0 Å².